The van der Waals surface area contributed by atoms with Gasteiger partial charge in [0.05, 0.1) is 4.90 Å². The second kappa shape index (κ2) is 9.26. The summed E-state index contributed by atoms with van der Waals surface area (Å²) in [6, 6.07) is 18.0. The quantitative estimate of drug-likeness (QED) is 0.447. The van der Waals surface area contributed by atoms with Crippen LogP contribution in [-0.4, -0.2) is 31.8 Å². The Kier molecular flexibility index (Phi) is 6.73. The summed E-state index contributed by atoms with van der Waals surface area (Å²) in [6.45, 7) is 1.80. The van der Waals surface area contributed by atoms with Crippen molar-refractivity contribution in [1.82, 2.24) is 9.62 Å². The molecular weight excluding hydrogens is 422 g/mol. The molecule has 1 amide bonds. The minimum Gasteiger partial charge on any atom is -0.272 e. The summed E-state index contributed by atoms with van der Waals surface area (Å²) in [4.78, 5) is 13.8. The van der Waals surface area contributed by atoms with Crippen LogP contribution in [0.1, 0.15) is 12.5 Å². The molecule has 0 saturated heterocycles. The first kappa shape index (κ1) is 21.8. The first-order chi connectivity index (χ1) is 14.3. The smallest absolute Gasteiger partial charge is 0.254 e. The Balaban J connectivity index is 1.94. The summed E-state index contributed by atoms with van der Waals surface area (Å²) < 4.78 is 28.2. The van der Waals surface area contributed by atoms with Gasteiger partial charge in [0.2, 0.25) is 10.0 Å². The van der Waals surface area contributed by atoms with E-state index in [9.17, 15) is 18.5 Å². The van der Waals surface area contributed by atoms with Gasteiger partial charge >= 0.3 is 0 Å². The molecule has 1 N–H and O–H groups in total. The number of carbonyl (C=O) groups excluding carboxylic acids is 1. The highest BCUT2D eigenvalue weighted by Gasteiger charge is 2.29. The van der Waals surface area contributed by atoms with Crippen molar-refractivity contribution in [3.05, 3.63) is 77.3 Å². The number of halogens is 1. The van der Waals surface area contributed by atoms with Crippen LogP contribution in [0.2, 0.25) is 5.02 Å². The number of nitrogens with one attached hydrogen (secondary N) is 1. The maximum Gasteiger partial charge on any atom is 0.254 e. The highest BCUT2D eigenvalue weighted by molar-refractivity contribution is 7.89. The number of nitrogens with zero attached hydrogens (tertiary/aromatic N) is 2. The van der Waals surface area contributed by atoms with Crippen LogP contribution in [0.3, 0.4) is 0 Å². The molecule has 3 rings (SSSR count). The summed E-state index contributed by atoms with van der Waals surface area (Å²) >= 11 is 5.84. The summed E-state index contributed by atoms with van der Waals surface area (Å²) in [5.41, 5.74) is 0.778. The Hall–Kier alpha value is -2.92. The number of benzene rings is 3. The van der Waals surface area contributed by atoms with E-state index in [-0.39, 0.29) is 17.9 Å². The number of likely N-dealkylation sites (N-methyl/N-ethyl adjacent to an activating group) is 1. The first-order valence-electron chi connectivity index (χ1n) is 9.30. The Labute approximate surface area is 180 Å². The van der Waals surface area contributed by atoms with E-state index in [1.807, 2.05) is 48.7 Å². The second-order valence-corrected chi connectivity index (χ2v) is 8.85. The van der Waals surface area contributed by atoms with Crippen molar-refractivity contribution in [1.29, 1.82) is 5.26 Å². The fraction of sp³-hybridized carbons (Fsp3) is 0.182. The molecule has 8 heteroatoms. The van der Waals surface area contributed by atoms with Crippen LogP contribution in [0.25, 0.3) is 10.8 Å². The molecule has 0 fully saturated rings. The number of fused-ring (bicyclic) bond motifs is 1. The molecule has 0 saturated carbocycles. The van der Waals surface area contributed by atoms with Crippen LogP contribution >= 0.6 is 11.6 Å². The van der Waals surface area contributed by atoms with E-state index in [2.05, 4.69) is 4.72 Å². The minimum atomic E-state index is -4.00. The third kappa shape index (κ3) is 4.97. The Morgan fingerprint density at radius 2 is 1.77 bits per heavy atom. The van der Waals surface area contributed by atoms with Gasteiger partial charge in [-0.05, 0) is 53.9 Å². The van der Waals surface area contributed by atoms with Gasteiger partial charge in [0.25, 0.3) is 5.91 Å². The summed E-state index contributed by atoms with van der Waals surface area (Å²) in [7, 11) is -4.00. The average molecular weight is 442 g/mol. The largest absolute Gasteiger partial charge is 0.272 e. The monoisotopic (exact) mass is 441 g/mol. The van der Waals surface area contributed by atoms with Crippen LogP contribution in [0, 0.1) is 11.5 Å². The maximum absolute atomic E-state index is 12.9. The van der Waals surface area contributed by atoms with Crippen LogP contribution in [0.4, 0.5) is 0 Å². The molecule has 30 heavy (non-hydrogen) atoms. The van der Waals surface area contributed by atoms with Crippen LogP contribution in [0.15, 0.2) is 71.6 Å². The lowest BCUT2D eigenvalue weighted by Gasteiger charge is -2.22. The topological polar surface area (TPSA) is 90.3 Å². The molecule has 3 aromatic rings. The van der Waals surface area contributed by atoms with Crippen LogP contribution in [0.5, 0.6) is 0 Å². The van der Waals surface area contributed by atoms with Crippen LogP contribution in [-0.2, 0) is 21.2 Å². The lowest BCUT2D eigenvalue weighted by molar-refractivity contribution is -0.129. The van der Waals surface area contributed by atoms with Crippen molar-refractivity contribution in [3.8, 4) is 6.19 Å². The van der Waals surface area contributed by atoms with Crippen molar-refractivity contribution in [3.63, 3.8) is 0 Å². The SMILES string of the molecule is CCN(C#N)C(=O)C(Cc1ccc2ccccc2c1)NS(=O)(=O)c1ccc(Cl)cc1. The van der Waals surface area contributed by atoms with Gasteiger partial charge in [-0.2, -0.15) is 9.98 Å². The number of amides is 1. The summed E-state index contributed by atoms with van der Waals surface area (Å²) in [5, 5.41) is 11.7. The fourth-order valence-electron chi connectivity index (χ4n) is 3.11. The van der Waals surface area contributed by atoms with Gasteiger partial charge in [-0.25, -0.2) is 13.3 Å². The standard InChI is InChI=1S/C22H20ClN3O3S/c1-2-26(15-24)22(27)21(25-30(28,29)20-11-9-19(23)10-12-20)14-16-7-8-17-5-3-4-6-18(17)13-16/h3-13,21,25H,2,14H2,1H3. The highest BCUT2D eigenvalue weighted by Crippen LogP contribution is 2.19. The van der Waals surface area contributed by atoms with Crippen molar-refractivity contribution >= 4 is 38.3 Å². The Morgan fingerprint density at radius 3 is 2.40 bits per heavy atom. The predicted octanol–water partition coefficient (Wildman–Crippen LogP) is 3.71. The molecule has 0 spiro atoms. The highest BCUT2D eigenvalue weighted by atomic mass is 35.5. The van der Waals surface area contributed by atoms with Gasteiger partial charge in [0, 0.05) is 11.6 Å². The third-order valence-corrected chi connectivity index (χ3v) is 6.42. The average Bonchev–Trinajstić information content (AvgIpc) is 2.74. The van der Waals surface area contributed by atoms with E-state index in [1.165, 1.54) is 24.3 Å². The van der Waals surface area contributed by atoms with Gasteiger partial charge in [-0.15, -0.1) is 0 Å². The first-order valence-corrected chi connectivity index (χ1v) is 11.2. The van der Waals surface area contributed by atoms with Crippen molar-refractivity contribution in [2.75, 3.05) is 6.54 Å². The number of hydrogen-bond acceptors (Lipinski definition) is 4. The molecule has 0 radical (unpaired) electrons. The molecule has 0 aliphatic heterocycles. The Morgan fingerprint density at radius 1 is 1.10 bits per heavy atom. The van der Waals surface area contributed by atoms with Gasteiger partial charge in [-0.1, -0.05) is 54.1 Å². The number of hydrogen-bond donors (Lipinski definition) is 1. The lowest BCUT2D eigenvalue weighted by Crippen LogP contribution is -2.48. The fourth-order valence-corrected chi connectivity index (χ4v) is 4.43. The van der Waals surface area contributed by atoms with E-state index in [4.69, 9.17) is 11.6 Å². The number of carbonyl (C=O) groups is 1. The molecule has 0 bridgehead atoms. The number of rotatable bonds is 7. The molecule has 6 nitrogen and oxygen atoms in total. The Bertz CT molecular complexity index is 1200. The zero-order valence-corrected chi connectivity index (χ0v) is 17.8. The number of sulfonamides is 1. The van der Waals surface area contributed by atoms with E-state index in [0.717, 1.165) is 21.2 Å². The zero-order valence-electron chi connectivity index (χ0n) is 16.2. The second-order valence-electron chi connectivity index (χ2n) is 6.70. The zero-order chi connectivity index (χ0) is 21.7. The molecule has 0 aliphatic carbocycles. The molecule has 1 atom stereocenters. The van der Waals surface area contributed by atoms with Gasteiger partial charge < -0.3 is 0 Å². The molecule has 0 heterocycles. The lowest BCUT2D eigenvalue weighted by atomic mass is 10.0. The van der Waals surface area contributed by atoms with E-state index in [0.29, 0.717) is 5.02 Å². The van der Waals surface area contributed by atoms with Gasteiger partial charge in [-0.3, -0.25) is 4.79 Å². The van der Waals surface area contributed by atoms with E-state index in [1.54, 1.807) is 6.92 Å². The minimum absolute atomic E-state index is 0.0109. The molecule has 0 aliphatic rings. The van der Waals surface area contributed by atoms with Gasteiger partial charge in [0.1, 0.15) is 6.04 Å². The summed E-state index contributed by atoms with van der Waals surface area (Å²) in [5.74, 6) is -0.606. The van der Waals surface area contributed by atoms with E-state index >= 15 is 0 Å². The van der Waals surface area contributed by atoms with Crippen molar-refractivity contribution in [2.24, 2.45) is 0 Å². The number of nitriles is 1. The molecule has 0 aromatic heterocycles. The predicted molar refractivity (Wildman–Crippen MR) is 116 cm³/mol. The van der Waals surface area contributed by atoms with Crippen molar-refractivity contribution < 1.29 is 13.2 Å². The third-order valence-electron chi connectivity index (χ3n) is 4.68. The molecule has 154 valence electrons. The van der Waals surface area contributed by atoms with E-state index < -0.39 is 22.0 Å². The van der Waals surface area contributed by atoms with Crippen molar-refractivity contribution in [2.45, 2.75) is 24.3 Å². The van der Waals surface area contributed by atoms with Crippen LogP contribution < -0.4 is 4.72 Å². The molecular formula is C22H20ClN3O3S. The van der Waals surface area contributed by atoms with Gasteiger partial charge in [0.15, 0.2) is 6.19 Å². The molecule has 3 aromatic carbocycles. The maximum atomic E-state index is 12.9. The normalized spacial score (nSPS) is 12.3. The molecule has 1 unspecified atom stereocenters. The summed E-state index contributed by atoms with van der Waals surface area (Å²) in [6.07, 6.45) is 1.92.